The Labute approximate surface area is 332 Å². The lowest BCUT2D eigenvalue weighted by Crippen LogP contribution is -2.54. The Bertz CT molecular complexity index is 2420. The van der Waals surface area contributed by atoms with Crippen LogP contribution in [0.15, 0.2) is 90.1 Å². The molecule has 1 atom stereocenters. The highest BCUT2D eigenvalue weighted by Gasteiger charge is 2.50. The summed E-state index contributed by atoms with van der Waals surface area (Å²) in [5, 5.41) is 15.4. The molecule has 57 heavy (non-hydrogen) atoms. The van der Waals surface area contributed by atoms with Crippen LogP contribution in [0.5, 0.6) is 11.5 Å². The topological polar surface area (TPSA) is 166 Å². The van der Waals surface area contributed by atoms with Crippen LogP contribution >= 0.6 is 0 Å². The van der Waals surface area contributed by atoms with E-state index in [1.54, 1.807) is 31.3 Å². The molecular weight excluding hydrogens is 745 g/mol. The lowest BCUT2D eigenvalue weighted by atomic mass is 9.59. The number of sulfonamides is 1. The molecule has 0 unspecified atom stereocenters. The zero-order valence-corrected chi connectivity index (χ0v) is 33.2. The molecule has 2 aliphatic heterocycles. The minimum atomic E-state index is -4.50. The van der Waals surface area contributed by atoms with Crippen molar-refractivity contribution in [3.8, 4) is 11.5 Å². The molecule has 2 aromatic heterocycles. The standard InChI is InChI=1S/C42H48N8O6S/c1-4-43-35-14-12-32(24-38(35)50(52)53)57(54,55)46-41(51)34-13-11-29(23-39(34)56-31-22-28-15-18-44-40(28)45-27-31)48-20-16-42(17-21-48)25-30(26-42)49-19-7-10-37(49)33-8-5-6-9-36(33)47(2)3/h5-6,8-9,11-15,18,22-24,27,30,37,43H,4,7,10,16-17,19-21,25-26H2,1-3H3,(H,44,45)(H,46,51)/t37-/m0/s1. The number of nitrogens with one attached hydrogen (secondary N) is 3. The monoisotopic (exact) mass is 792 g/mol. The Morgan fingerprint density at radius 2 is 1.84 bits per heavy atom. The van der Waals surface area contributed by atoms with Crippen molar-refractivity contribution in [1.82, 2.24) is 19.6 Å². The lowest BCUT2D eigenvalue weighted by molar-refractivity contribution is -0.384. The molecule has 8 rings (SSSR count). The van der Waals surface area contributed by atoms with Crippen LogP contribution in [-0.4, -0.2) is 80.4 Å². The van der Waals surface area contributed by atoms with E-state index in [4.69, 9.17) is 4.74 Å². The second-order valence-corrected chi connectivity index (χ2v) is 17.4. The number of anilines is 3. The van der Waals surface area contributed by atoms with Gasteiger partial charge in [0.15, 0.2) is 0 Å². The maximum atomic E-state index is 13.8. The first-order valence-electron chi connectivity index (χ1n) is 19.5. The third-order valence-corrected chi connectivity index (χ3v) is 13.3. The van der Waals surface area contributed by atoms with Crippen molar-refractivity contribution in [3.63, 3.8) is 0 Å². The van der Waals surface area contributed by atoms with Crippen LogP contribution in [0.25, 0.3) is 11.0 Å². The Balaban J connectivity index is 0.993. The summed E-state index contributed by atoms with van der Waals surface area (Å²) in [5.41, 5.74) is 4.31. The molecule has 2 saturated heterocycles. The van der Waals surface area contributed by atoms with Crippen LogP contribution in [-0.2, 0) is 10.0 Å². The summed E-state index contributed by atoms with van der Waals surface area (Å²) in [7, 11) is -0.262. The molecule has 0 bridgehead atoms. The fourth-order valence-corrected chi connectivity index (χ4v) is 10.0. The van der Waals surface area contributed by atoms with E-state index in [2.05, 4.69) is 73.1 Å². The first-order valence-corrected chi connectivity index (χ1v) is 21.0. The van der Waals surface area contributed by atoms with Gasteiger partial charge in [-0.3, -0.25) is 19.8 Å². The molecule has 5 aromatic rings. The number of ether oxygens (including phenoxy) is 1. The van der Waals surface area contributed by atoms with E-state index in [1.807, 2.05) is 12.1 Å². The number of H-pyrrole nitrogens is 1. The van der Waals surface area contributed by atoms with E-state index in [0.717, 1.165) is 49.6 Å². The van der Waals surface area contributed by atoms with E-state index in [0.29, 0.717) is 35.4 Å². The van der Waals surface area contributed by atoms with Gasteiger partial charge in [0.05, 0.1) is 21.6 Å². The molecule has 4 heterocycles. The van der Waals surface area contributed by atoms with Gasteiger partial charge in [0.25, 0.3) is 21.6 Å². The average Bonchev–Trinajstić information content (AvgIpc) is 3.87. The van der Waals surface area contributed by atoms with E-state index in [9.17, 15) is 23.3 Å². The Morgan fingerprint density at radius 1 is 1.05 bits per heavy atom. The largest absolute Gasteiger partial charge is 0.455 e. The predicted octanol–water partition coefficient (Wildman–Crippen LogP) is 7.47. The lowest BCUT2D eigenvalue weighted by Gasteiger charge is -2.56. The molecule has 1 aliphatic carbocycles. The van der Waals surface area contributed by atoms with Crippen molar-refractivity contribution in [3.05, 3.63) is 106 Å². The van der Waals surface area contributed by atoms with Gasteiger partial charge < -0.3 is 24.8 Å². The number of aromatic nitrogens is 2. The fourth-order valence-electron chi connectivity index (χ4n) is 9.05. The minimum absolute atomic E-state index is 0.0124. The number of para-hydroxylation sites is 1. The highest BCUT2D eigenvalue weighted by molar-refractivity contribution is 7.90. The van der Waals surface area contributed by atoms with Crippen molar-refractivity contribution in [2.24, 2.45) is 5.41 Å². The number of likely N-dealkylation sites (tertiary alicyclic amines) is 1. The summed E-state index contributed by atoms with van der Waals surface area (Å²) in [4.78, 5) is 39.2. The van der Waals surface area contributed by atoms with E-state index in [1.165, 1.54) is 55.3 Å². The van der Waals surface area contributed by atoms with Crippen molar-refractivity contribution in [2.75, 3.05) is 55.4 Å². The van der Waals surface area contributed by atoms with Gasteiger partial charge in [0.1, 0.15) is 22.8 Å². The number of hydrogen-bond donors (Lipinski definition) is 3. The summed E-state index contributed by atoms with van der Waals surface area (Å²) in [6.07, 6.45) is 10.2. The Morgan fingerprint density at radius 3 is 2.60 bits per heavy atom. The number of pyridine rings is 1. The SMILES string of the molecule is CCNc1ccc(S(=O)(=O)NC(=O)c2ccc(N3CCC4(CC3)CC(N3CCC[C@H]3c3ccccc3N(C)C)C4)cc2Oc2cnc3[nH]ccc3c2)cc1[N+](=O)[O-]. The highest BCUT2D eigenvalue weighted by atomic mass is 32.2. The van der Waals surface area contributed by atoms with E-state index >= 15 is 0 Å². The fraction of sp³-hybridized carbons (Fsp3) is 0.381. The number of aromatic amines is 1. The van der Waals surface area contributed by atoms with Crippen LogP contribution < -0.4 is 24.6 Å². The van der Waals surface area contributed by atoms with Crippen LogP contribution in [0.1, 0.15) is 67.4 Å². The number of nitro benzene ring substituents is 1. The van der Waals surface area contributed by atoms with Crippen LogP contribution in [0.4, 0.5) is 22.7 Å². The number of rotatable bonds is 12. The van der Waals surface area contributed by atoms with Gasteiger partial charge in [-0.2, -0.15) is 0 Å². The first kappa shape index (κ1) is 38.2. The minimum Gasteiger partial charge on any atom is -0.455 e. The number of amides is 1. The molecule has 3 fully saturated rings. The van der Waals surface area contributed by atoms with Gasteiger partial charge in [-0.1, -0.05) is 18.2 Å². The van der Waals surface area contributed by atoms with Gasteiger partial charge in [0, 0.05) is 80.9 Å². The summed E-state index contributed by atoms with van der Waals surface area (Å²) in [6, 6.07) is 22.1. The predicted molar refractivity (Wildman–Crippen MR) is 221 cm³/mol. The summed E-state index contributed by atoms with van der Waals surface area (Å²) >= 11 is 0. The summed E-state index contributed by atoms with van der Waals surface area (Å²) in [5.74, 6) is -0.401. The summed E-state index contributed by atoms with van der Waals surface area (Å²) in [6.45, 7) is 5.00. The smallest absolute Gasteiger partial charge is 0.293 e. The molecule has 3 aliphatic rings. The zero-order valence-electron chi connectivity index (χ0n) is 32.4. The van der Waals surface area contributed by atoms with Crippen molar-refractivity contribution in [1.29, 1.82) is 0 Å². The van der Waals surface area contributed by atoms with Crippen molar-refractivity contribution < 1.29 is 22.9 Å². The Hall–Kier alpha value is -5.67. The average molecular weight is 793 g/mol. The van der Waals surface area contributed by atoms with Gasteiger partial charge >= 0.3 is 0 Å². The number of nitrogens with zero attached hydrogens (tertiary/aromatic N) is 5. The van der Waals surface area contributed by atoms with E-state index < -0.39 is 31.4 Å². The number of carbonyl (C=O) groups excluding carboxylic acids is 1. The van der Waals surface area contributed by atoms with Crippen LogP contribution in [0.2, 0.25) is 0 Å². The number of hydrogen-bond acceptors (Lipinski definition) is 11. The molecule has 3 aromatic carbocycles. The van der Waals surface area contributed by atoms with Gasteiger partial charge in [0.2, 0.25) is 0 Å². The number of nitro groups is 1. The molecule has 14 nitrogen and oxygen atoms in total. The summed E-state index contributed by atoms with van der Waals surface area (Å²) < 4.78 is 35.3. The van der Waals surface area contributed by atoms with Crippen LogP contribution in [0.3, 0.4) is 0 Å². The number of piperidine rings is 1. The third-order valence-electron chi connectivity index (χ3n) is 12.0. The molecular formula is C42H48N8O6S. The molecule has 1 amide bonds. The maximum absolute atomic E-state index is 13.8. The van der Waals surface area contributed by atoms with Gasteiger partial charge in [-0.05, 0) is 105 Å². The van der Waals surface area contributed by atoms with Gasteiger partial charge in [-0.25, -0.2) is 18.1 Å². The quantitative estimate of drug-likeness (QED) is 0.0848. The number of fused-ring (bicyclic) bond motifs is 1. The third kappa shape index (κ3) is 7.61. The maximum Gasteiger partial charge on any atom is 0.293 e. The number of benzene rings is 3. The molecule has 3 N–H and O–H groups in total. The van der Waals surface area contributed by atoms with Crippen molar-refractivity contribution >= 4 is 49.7 Å². The molecule has 298 valence electrons. The van der Waals surface area contributed by atoms with Crippen LogP contribution in [0, 0.1) is 15.5 Å². The molecule has 0 radical (unpaired) electrons. The molecule has 15 heteroatoms. The second kappa shape index (κ2) is 15.3. The van der Waals surface area contributed by atoms with Crippen molar-refractivity contribution in [2.45, 2.75) is 62.4 Å². The zero-order chi connectivity index (χ0) is 39.9. The Kier molecular flexibility index (Phi) is 10.3. The van der Waals surface area contributed by atoms with Gasteiger partial charge in [-0.15, -0.1) is 0 Å². The number of carbonyl (C=O) groups is 1. The normalized spacial score (nSPS) is 18.4. The second-order valence-electron chi connectivity index (χ2n) is 15.7. The molecule has 1 saturated carbocycles. The van der Waals surface area contributed by atoms with E-state index in [-0.39, 0.29) is 17.0 Å². The highest BCUT2D eigenvalue weighted by Crippen LogP contribution is 2.54. The molecule has 1 spiro atoms. The first-order chi connectivity index (χ1) is 27.4.